The van der Waals surface area contributed by atoms with Crippen molar-refractivity contribution in [1.29, 1.82) is 0 Å². The summed E-state index contributed by atoms with van der Waals surface area (Å²) in [7, 11) is 0. The van der Waals surface area contributed by atoms with E-state index in [-0.39, 0.29) is 0 Å². The van der Waals surface area contributed by atoms with Gasteiger partial charge in [-0.15, -0.1) is 0 Å². The zero-order valence-corrected chi connectivity index (χ0v) is 11.4. The standard InChI is InChI=1S/C14H21ClN2O/c15-12-7-4-8-13(14(12)16)17-9-10-18-11-5-2-1-3-6-11/h4,7-8,11,17H,1-3,5-6,9-10,16H2. The van der Waals surface area contributed by atoms with Crippen LogP contribution in [-0.4, -0.2) is 19.3 Å². The van der Waals surface area contributed by atoms with Crippen LogP contribution >= 0.6 is 11.6 Å². The third-order valence-electron chi connectivity index (χ3n) is 3.38. The van der Waals surface area contributed by atoms with Crippen LogP contribution in [-0.2, 0) is 4.74 Å². The summed E-state index contributed by atoms with van der Waals surface area (Å²) < 4.78 is 5.84. The first-order valence-corrected chi connectivity index (χ1v) is 7.04. The Hall–Kier alpha value is -0.930. The first kappa shape index (κ1) is 13.5. The zero-order valence-electron chi connectivity index (χ0n) is 10.6. The molecule has 0 unspecified atom stereocenters. The summed E-state index contributed by atoms with van der Waals surface area (Å²) in [6.45, 7) is 1.48. The normalized spacial score (nSPS) is 16.7. The molecule has 3 nitrogen and oxygen atoms in total. The maximum atomic E-state index is 5.95. The molecule has 1 aliphatic rings. The second kappa shape index (κ2) is 6.86. The molecule has 1 aromatic carbocycles. The van der Waals surface area contributed by atoms with Gasteiger partial charge >= 0.3 is 0 Å². The second-order valence-corrected chi connectivity index (χ2v) is 5.17. The lowest BCUT2D eigenvalue weighted by atomic mass is 9.98. The molecular formula is C14H21ClN2O. The van der Waals surface area contributed by atoms with Crippen LogP contribution < -0.4 is 11.1 Å². The van der Waals surface area contributed by atoms with Crippen molar-refractivity contribution >= 4 is 23.0 Å². The molecule has 100 valence electrons. The molecule has 1 fully saturated rings. The first-order valence-electron chi connectivity index (χ1n) is 6.67. The number of para-hydroxylation sites is 1. The predicted molar refractivity (Wildman–Crippen MR) is 77.2 cm³/mol. The van der Waals surface area contributed by atoms with Crippen LogP contribution in [0.4, 0.5) is 11.4 Å². The van der Waals surface area contributed by atoms with E-state index in [9.17, 15) is 0 Å². The number of rotatable bonds is 5. The molecule has 0 spiro atoms. The van der Waals surface area contributed by atoms with Crippen LogP contribution in [0.2, 0.25) is 5.02 Å². The van der Waals surface area contributed by atoms with E-state index in [1.807, 2.05) is 12.1 Å². The number of anilines is 2. The van der Waals surface area contributed by atoms with Crippen molar-refractivity contribution in [2.75, 3.05) is 24.2 Å². The van der Waals surface area contributed by atoms with Gasteiger partial charge in [0.05, 0.1) is 29.1 Å². The molecule has 0 saturated heterocycles. The van der Waals surface area contributed by atoms with E-state index in [4.69, 9.17) is 22.1 Å². The Morgan fingerprint density at radius 3 is 2.83 bits per heavy atom. The fourth-order valence-electron chi connectivity index (χ4n) is 2.33. The van der Waals surface area contributed by atoms with Crippen LogP contribution in [0.5, 0.6) is 0 Å². The van der Waals surface area contributed by atoms with Gasteiger partial charge in [0, 0.05) is 6.54 Å². The van der Waals surface area contributed by atoms with Crippen molar-refractivity contribution in [3.63, 3.8) is 0 Å². The maximum absolute atomic E-state index is 5.95. The molecule has 0 atom stereocenters. The molecule has 0 bridgehead atoms. The van der Waals surface area contributed by atoms with Crippen molar-refractivity contribution in [2.45, 2.75) is 38.2 Å². The highest BCUT2D eigenvalue weighted by atomic mass is 35.5. The molecule has 1 saturated carbocycles. The van der Waals surface area contributed by atoms with Gasteiger partial charge in [-0.1, -0.05) is 36.9 Å². The summed E-state index contributed by atoms with van der Waals surface area (Å²) in [4.78, 5) is 0. The lowest BCUT2D eigenvalue weighted by Gasteiger charge is -2.22. The Morgan fingerprint density at radius 1 is 1.28 bits per heavy atom. The van der Waals surface area contributed by atoms with E-state index < -0.39 is 0 Å². The number of nitrogen functional groups attached to an aromatic ring is 1. The highest BCUT2D eigenvalue weighted by Gasteiger charge is 2.13. The van der Waals surface area contributed by atoms with Gasteiger partial charge in [0.25, 0.3) is 0 Å². The molecule has 0 aromatic heterocycles. The zero-order chi connectivity index (χ0) is 12.8. The quantitative estimate of drug-likeness (QED) is 0.633. The minimum absolute atomic E-state index is 0.456. The number of nitrogens with two attached hydrogens (primary N) is 1. The lowest BCUT2D eigenvalue weighted by Crippen LogP contribution is -2.20. The fourth-order valence-corrected chi connectivity index (χ4v) is 2.51. The van der Waals surface area contributed by atoms with Crippen molar-refractivity contribution in [1.82, 2.24) is 0 Å². The highest BCUT2D eigenvalue weighted by Crippen LogP contribution is 2.26. The average molecular weight is 269 g/mol. The molecule has 0 radical (unpaired) electrons. The van der Waals surface area contributed by atoms with Crippen molar-refractivity contribution in [3.05, 3.63) is 23.2 Å². The topological polar surface area (TPSA) is 47.3 Å². The molecule has 4 heteroatoms. The number of ether oxygens (including phenoxy) is 1. The number of benzene rings is 1. The van der Waals surface area contributed by atoms with Crippen molar-refractivity contribution in [2.24, 2.45) is 0 Å². The third kappa shape index (κ3) is 3.79. The fraction of sp³-hybridized carbons (Fsp3) is 0.571. The van der Waals surface area contributed by atoms with Gasteiger partial charge in [0.1, 0.15) is 0 Å². The first-order chi connectivity index (χ1) is 8.77. The molecular weight excluding hydrogens is 248 g/mol. The molecule has 2 rings (SSSR count). The SMILES string of the molecule is Nc1c(Cl)cccc1NCCOC1CCCCC1. The molecule has 0 heterocycles. The summed E-state index contributed by atoms with van der Waals surface area (Å²) in [5, 5.41) is 3.85. The van der Waals surface area contributed by atoms with Gasteiger partial charge in [-0.2, -0.15) is 0 Å². The van der Waals surface area contributed by atoms with E-state index in [2.05, 4.69) is 5.32 Å². The molecule has 1 aromatic rings. The van der Waals surface area contributed by atoms with Crippen molar-refractivity contribution < 1.29 is 4.74 Å². The molecule has 3 N–H and O–H groups in total. The van der Waals surface area contributed by atoms with Gasteiger partial charge in [0.15, 0.2) is 0 Å². The third-order valence-corrected chi connectivity index (χ3v) is 3.71. The Kier molecular flexibility index (Phi) is 5.14. The minimum atomic E-state index is 0.456. The predicted octanol–water partition coefficient (Wildman–Crippen LogP) is 3.68. The number of hydrogen-bond donors (Lipinski definition) is 2. The summed E-state index contributed by atoms with van der Waals surface area (Å²) in [5.41, 5.74) is 7.36. The van der Waals surface area contributed by atoms with Crippen LogP contribution in [0.15, 0.2) is 18.2 Å². The molecule has 0 amide bonds. The van der Waals surface area contributed by atoms with E-state index in [1.165, 1.54) is 32.1 Å². The maximum Gasteiger partial charge on any atom is 0.0739 e. The van der Waals surface area contributed by atoms with Gasteiger partial charge in [-0.25, -0.2) is 0 Å². The van der Waals surface area contributed by atoms with Crippen LogP contribution in [0.25, 0.3) is 0 Å². The average Bonchev–Trinajstić information content (AvgIpc) is 2.40. The van der Waals surface area contributed by atoms with Crippen LogP contribution in [0.1, 0.15) is 32.1 Å². The monoisotopic (exact) mass is 268 g/mol. The van der Waals surface area contributed by atoms with E-state index >= 15 is 0 Å². The smallest absolute Gasteiger partial charge is 0.0739 e. The summed E-state index contributed by atoms with van der Waals surface area (Å²) in [5.74, 6) is 0. The lowest BCUT2D eigenvalue weighted by molar-refractivity contribution is 0.0347. The Balaban J connectivity index is 1.70. The van der Waals surface area contributed by atoms with Crippen LogP contribution in [0, 0.1) is 0 Å². The second-order valence-electron chi connectivity index (χ2n) is 4.76. The molecule has 1 aliphatic carbocycles. The summed E-state index contributed by atoms with van der Waals surface area (Å²) >= 11 is 5.95. The molecule has 0 aliphatic heterocycles. The van der Waals surface area contributed by atoms with Gasteiger partial charge in [-0.3, -0.25) is 0 Å². The van der Waals surface area contributed by atoms with Gasteiger partial charge < -0.3 is 15.8 Å². The minimum Gasteiger partial charge on any atom is -0.396 e. The van der Waals surface area contributed by atoms with E-state index in [1.54, 1.807) is 6.07 Å². The van der Waals surface area contributed by atoms with Gasteiger partial charge in [-0.05, 0) is 25.0 Å². The number of halogens is 1. The summed E-state index contributed by atoms with van der Waals surface area (Å²) in [6.07, 6.45) is 6.84. The van der Waals surface area contributed by atoms with Gasteiger partial charge in [0.2, 0.25) is 0 Å². The van der Waals surface area contributed by atoms with Crippen molar-refractivity contribution in [3.8, 4) is 0 Å². The van der Waals surface area contributed by atoms with Crippen LogP contribution in [0.3, 0.4) is 0 Å². The number of hydrogen-bond acceptors (Lipinski definition) is 3. The van der Waals surface area contributed by atoms with E-state index in [0.29, 0.717) is 16.8 Å². The highest BCUT2D eigenvalue weighted by molar-refractivity contribution is 6.33. The number of nitrogens with one attached hydrogen (secondary N) is 1. The Bertz CT molecular complexity index is 378. The Morgan fingerprint density at radius 2 is 2.06 bits per heavy atom. The molecule has 18 heavy (non-hydrogen) atoms. The van der Waals surface area contributed by atoms with E-state index in [0.717, 1.165) is 18.8 Å². The Labute approximate surface area is 114 Å². The largest absolute Gasteiger partial charge is 0.396 e. The summed E-state index contributed by atoms with van der Waals surface area (Å²) in [6, 6.07) is 5.62.